The summed E-state index contributed by atoms with van der Waals surface area (Å²) in [5, 5.41) is 9.30. The number of unbranched alkanes of at least 4 members (excludes halogenated alkanes) is 12. The van der Waals surface area contributed by atoms with Crippen LogP contribution < -0.4 is 16.0 Å². The lowest BCUT2D eigenvalue weighted by Gasteiger charge is -2.55. The van der Waals surface area contributed by atoms with Gasteiger partial charge in [0.1, 0.15) is 17.7 Å². The molecule has 15 nitrogen and oxygen atoms in total. The predicted molar refractivity (Wildman–Crippen MR) is 255 cm³/mol. The molecular formula is C51H86N6O9. The fourth-order valence-corrected chi connectivity index (χ4v) is 11.0. The summed E-state index contributed by atoms with van der Waals surface area (Å²) in [5.41, 5.74) is -1.36. The quantitative estimate of drug-likeness (QED) is 0.0398. The Morgan fingerprint density at radius 3 is 2.18 bits per heavy atom. The zero-order valence-corrected chi connectivity index (χ0v) is 41.3. The molecule has 0 aromatic carbocycles. The summed E-state index contributed by atoms with van der Waals surface area (Å²) in [6, 6.07) is 0.293. The van der Waals surface area contributed by atoms with Crippen LogP contribution in [-0.2, 0) is 42.9 Å². The number of aliphatic imine (C=N–C) groups is 1. The number of carbonyl (C=O) groups excluding carboxylic acids is 5. The molecule has 3 fully saturated rings. The van der Waals surface area contributed by atoms with Crippen LogP contribution in [0.3, 0.4) is 0 Å². The van der Waals surface area contributed by atoms with E-state index < -0.39 is 29.4 Å². The minimum atomic E-state index is -0.906. The molecule has 374 valence electrons. The van der Waals surface area contributed by atoms with Crippen molar-refractivity contribution in [3.8, 4) is 0 Å². The first-order valence-corrected chi connectivity index (χ1v) is 26.1. The molecule has 0 aromatic rings. The number of nitrogens with one attached hydrogen (secondary N) is 3. The van der Waals surface area contributed by atoms with E-state index in [1.807, 2.05) is 0 Å². The maximum absolute atomic E-state index is 14.1. The second kappa shape index (κ2) is 27.3. The van der Waals surface area contributed by atoms with E-state index in [9.17, 15) is 24.0 Å². The Morgan fingerprint density at radius 1 is 0.864 bits per heavy atom. The van der Waals surface area contributed by atoms with Gasteiger partial charge in [-0.05, 0) is 77.6 Å². The SMILES string of the molecule is CC[C@H]1C=CCC[C@@]2(C[C@@H]3CC[C@@H]4[C@H](C(=O)OCCCCCCCCCCCCCCCC(=O)N(CCCNC(C)=O)C[C@H](CCNC(C)=O)OC(C)=O)[C@@]5(CCC[C@@H](C)O5)N=C(N2)N34)O1. The fraction of sp³-hybridized carbons (Fsp3) is 0.843. The number of hydrogen-bond donors (Lipinski definition) is 3. The van der Waals surface area contributed by atoms with E-state index in [1.54, 1.807) is 4.90 Å². The highest BCUT2D eigenvalue weighted by Gasteiger charge is 2.62. The van der Waals surface area contributed by atoms with Crippen LogP contribution in [0.15, 0.2) is 17.1 Å². The summed E-state index contributed by atoms with van der Waals surface area (Å²) >= 11 is 0. The lowest BCUT2D eigenvalue weighted by molar-refractivity contribution is -0.194. The number of hydrogen-bond acceptors (Lipinski definition) is 12. The maximum atomic E-state index is 14.1. The summed E-state index contributed by atoms with van der Waals surface area (Å²) in [4.78, 5) is 71.3. The number of amides is 3. The Balaban J connectivity index is 0.933. The van der Waals surface area contributed by atoms with Crippen molar-refractivity contribution in [2.24, 2.45) is 10.9 Å². The second-order valence-corrected chi connectivity index (χ2v) is 19.8. The van der Waals surface area contributed by atoms with Gasteiger partial charge in [-0.2, -0.15) is 0 Å². The van der Waals surface area contributed by atoms with Gasteiger partial charge in [0, 0.05) is 65.7 Å². The zero-order valence-electron chi connectivity index (χ0n) is 41.3. The highest BCUT2D eigenvalue weighted by Crippen LogP contribution is 2.50. The highest BCUT2D eigenvalue weighted by atomic mass is 16.6. The van der Waals surface area contributed by atoms with Crippen molar-refractivity contribution >= 4 is 35.6 Å². The highest BCUT2D eigenvalue weighted by molar-refractivity contribution is 5.87. The van der Waals surface area contributed by atoms with Gasteiger partial charge in [0.25, 0.3) is 0 Å². The molecule has 15 heteroatoms. The largest absolute Gasteiger partial charge is 0.465 e. The van der Waals surface area contributed by atoms with Crippen molar-refractivity contribution in [1.82, 2.24) is 25.8 Å². The molecule has 3 amide bonds. The van der Waals surface area contributed by atoms with E-state index in [2.05, 4.69) is 46.8 Å². The Morgan fingerprint density at radius 2 is 1.53 bits per heavy atom. The minimum Gasteiger partial charge on any atom is -0.465 e. The molecule has 5 aliphatic rings. The lowest BCUT2D eigenvalue weighted by atomic mass is 9.80. The van der Waals surface area contributed by atoms with Crippen LogP contribution in [0.2, 0.25) is 0 Å². The molecule has 3 saturated heterocycles. The summed E-state index contributed by atoms with van der Waals surface area (Å²) in [7, 11) is 0. The molecule has 0 bridgehead atoms. The van der Waals surface area contributed by atoms with Crippen LogP contribution in [0.4, 0.5) is 0 Å². The Kier molecular flexibility index (Phi) is 22.0. The third kappa shape index (κ3) is 16.5. The number of allylic oxidation sites excluding steroid dienone is 1. The van der Waals surface area contributed by atoms with Gasteiger partial charge < -0.3 is 44.7 Å². The standard InChI is InChI=1S/C51H86N6O9/c1-6-43-25-19-20-30-50(66-43)36-42-27-28-45-47(51(31-22-24-38(2)65-51)55-49(54-50)57(42)45)48(62)63-35-21-17-15-13-11-9-7-8-10-12-14-16-18-26-46(61)56(34-23-32-52-39(3)58)37-44(64-41(5)60)29-33-53-40(4)59/h19,25,38,42-45,47H,6-18,20-24,26-37H2,1-5H3,(H,52,58)(H,53,59)(H,54,55)/t38-,42+,43+,44+,45-,47-,50+,51+/m1/s1. The van der Waals surface area contributed by atoms with E-state index in [4.69, 9.17) is 23.9 Å². The molecule has 0 aromatic heterocycles. The van der Waals surface area contributed by atoms with Crippen molar-refractivity contribution in [3.05, 3.63) is 12.2 Å². The van der Waals surface area contributed by atoms with Crippen LogP contribution in [0.5, 0.6) is 0 Å². The van der Waals surface area contributed by atoms with Gasteiger partial charge in [0.05, 0.1) is 31.4 Å². The third-order valence-corrected chi connectivity index (χ3v) is 14.2. The summed E-state index contributed by atoms with van der Waals surface area (Å²) in [5.74, 6) is -0.409. The molecular weight excluding hydrogens is 841 g/mol. The average Bonchev–Trinajstić information content (AvgIpc) is 3.57. The number of ether oxygens (including phenoxy) is 4. The summed E-state index contributed by atoms with van der Waals surface area (Å²) in [6.07, 6.45) is 28.3. The van der Waals surface area contributed by atoms with Crippen molar-refractivity contribution < 1.29 is 42.9 Å². The van der Waals surface area contributed by atoms with Crippen molar-refractivity contribution in [1.29, 1.82) is 0 Å². The molecule has 5 rings (SSSR count). The Labute approximate surface area is 396 Å². The van der Waals surface area contributed by atoms with Gasteiger partial charge >= 0.3 is 11.9 Å². The summed E-state index contributed by atoms with van der Waals surface area (Å²) in [6.45, 7) is 10.5. The van der Waals surface area contributed by atoms with E-state index in [0.29, 0.717) is 45.5 Å². The number of esters is 2. The first-order valence-electron chi connectivity index (χ1n) is 26.1. The van der Waals surface area contributed by atoms with E-state index >= 15 is 0 Å². The first-order chi connectivity index (χ1) is 31.8. The number of rotatable bonds is 28. The molecule has 0 unspecified atom stereocenters. The monoisotopic (exact) mass is 927 g/mol. The molecule has 0 radical (unpaired) electrons. The number of nitrogens with zero attached hydrogens (tertiary/aromatic N) is 3. The zero-order chi connectivity index (χ0) is 47.4. The van der Waals surface area contributed by atoms with E-state index in [0.717, 1.165) is 109 Å². The molecule has 5 aliphatic heterocycles. The van der Waals surface area contributed by atoms with E-state index in [1.165, 1.54) is 59.3 Å². The average molecular weight is 927 g/mol. The molecule has 2 spiro atoms. The lowest BCUT2D eigenvalue weighted by Crippen LogP contribution is -2.71. The second-order valence-electron chi connectivity index (χ2n) is 19.8. The van der Waals surface area contributed by atoms with Crippen molar-refractivity contribution in [3.63, 3.8) is 0 Å². The van der Waals surface area contributed by atoms with Gasteiger partial charge in [-0.3, -0.25) is 24.0 Å². The molecule has 5 heterocycles. The number of guanidine groups is 1. The third-order valence-electron chi connectivity index (χ3n) is 14.2. The normalized spacial score (nSPS) is 27.0. The fourth-order valence-electron chi connectivity index (χ4n) is 11.0. The Hall–Kier alpha value is -3.72. The minimum absolute atomic E-state index is 0.0120. The molecule has 8 atom stereocenters. The first kappa shape index (κ1) is 53.2. The Bertz CT molecular complexity index is 1630. The predicted octanol–water partition coefficient (Wildman–Crippen LogP) is 7.74. The molecule has 0 aliphatic carbocycles. The van der Waals surface area contributed by atoms with Crippen LogP contribution in [-0.4, -0.2) is 120 Å². The van der Waals surface area contributed by atoms with Gasteiger partial charge in [0.2, 0.25) is 17.7 Å². The van der Waals surface area contributed by atoms with Crippen LogP contribution in [0.25, 0.3) is 0 Å². The molecule has 0 saturated carbocycles. The van der Waals surface area contributed by atoms with Crippen molar-refractivity contribution in [2.75, 3.05) is 32.8 Å². The van der Waals surface area contributed by atoms with Crippen molar-refractivity contribution in [2.45, 2.75) is 237 Å². The van der Waals surface area contributed by atoms with Gasteiger partial charge in [-0.1, -0.05) is 89.7 Å². The van der Waals surface area contributed by atoms with Crippen LogP contribution in [0, 0.1) is 5.92 Å². The summed E-state index contributed by atoms with van der Waals surface area (Å²) < 4.78 is 25.1. The smallest absolute Gasteiger partial charge is 0.316 e. The van der Waals surface area contributed by atoms with Gasteiger partial charge in [-0.15, -0.1) is 0 Å². The van der Waals surface area contributed by atoms with Crippen LogP contribution >= 0.6 is 0 Å². The van der Waals surface area contributed by atoms with Crippen LogP contribution in [0.1, 0.15) is 195 Å². The van der Waals surface area contributed by atoms with E-state index in [-0.39, 0.29) is 54.5 Å². The molecule has 66 heavy (non-hydrogen) atoms. The maximum Gasteiger partial charge on any atom is 0.316 e. The topological polar surface area (TPSA) is 177 Å². The number of carbonyl (C=O) groups is 5. The molecule has 3 N–H and O–H groups in total. The van der Waals surface area contributed by atoms with Gasteiger partial charge in [0.15, 0.2) is 11.7 Å². The van der Waals surface area contributed by atoms with Gasteiger partial charge in [-0.25, -0.2) is 4.99 Å².